The molecule has 2 atom stereocenters. The molecule has 0 amide bonds. The monoisotopic (exact) mass is 402 g/mol. The number of halogens is 1. The fraction of sp³-hybridized carbons (Fsp3) is 0.562. The van der Waals surface area contributed by atoms with E-state index in [1.165, 1.54) is 4.31 Å². The molecule has 2 N–H and O–H groups in total. The van der Waals surface area contributed by atoms with Gasteiger partial charge in [-0.3, -0.25) is 4.79 Å². The Labute approximate surface area is 158 Å². The second-order valence-electron chi connectivity index (χ2n) is 6.23. The van der Waals surface area contributed by atoms with Crippen LogP contribution >= 0.6 is 11.6 Å². The minimum atomic E-state index is -3.55. The van der Waals surface area contributed by atoms with Gasteiger partial charge in [0.2, 0.25) is 10.0 Å². The number of ether oxygens (including phenoxy) is 1. The molecule has 2 aliphatic heterocycles. The summed E-state index contributed by atoms with van der Waals surface area (Å²) in [6.45, 7) is 3.97. The number of hydrogen-bond acceptors (Lipinski definition) is 7. The minimum Gasteiger partial charge on any atom is -0.465 e. The number of sulfonamides is 1. The quantitative estimate of drug-likeness (QED) is 0.695. The fourth-order valence-corrected chi connectivity index (χ4v) is 4.96. The van der Waals surface area contributed by atoms with E-state index < -0.39 is 27.4 Å². The maximum absolute atomic E-state index is 12.8. The summed E-state index contributed by atoms with van der Waals surface area (Å²) in [5.41, 5.74) is 6.47. The van der Waals surface area contributed by atoms with Crippen LogP contribution in [-0.4, -0.2) is 62.9 Å². The van der Waals surface area contributed by atoms with Crippen LogP contribution in [0.3, 0.4) is 0 Å². The lowest BCUT2D eigenvalue weighted by Gasteiger charge is -2.36. The highest BCUT2D eigenvalue weighted by molar-refractivity contribution is 7.89. The maximum atomic E-state index is 12.8. The molecule has 0 spiro atoms. The molecule has 144 valence electrons. The fourth-order valence-electron chi connectivity index (χ4n) is 3.15. The lowest BCUT2D eigenvalue weighted by molar-refractivity contribution is -0.145. The maximum Gasteiger partial charge on any atom is 0.324 e. The Morgan fingerprint density at radius 3 is 2.46 bits per heavy atom. The van der Waals surface area contributed by atoms with Gasteiger partial charge >= 0.3 is 5.97 Å². The third-order valence-corrected chi connectivity index (χ3v) is 6.96. The molecule has 2 saturated heterocycles. The van der Waals surface area contributed by atoms with Crippen molar-refractivity contribution in [2.24, 2.45) is 0 Å². The number of hydrogen-bond donors (Lipinski definition) is 2. The van der Waals surface area contributed by atoms with Gasteiger partial charge in [0, 0.05) is 43.3 Å². The summed E-state index contributed by atoms with van der Waals surface area (Å²) < 4.78 is 32.1. The summed E-state index contributed by atoms with van der Waals surface area (Å²) in [5, 5.41) is -0.162. The molecule has 2 fully saturated rings. The summed E-state index contributed by atoms with van der Waals surface area (Å²) in [6, 6.07) is 6.86. The third-order valence-electron chi connectivity index (χ3n) is 4.59. The average molecular weight is 403 g/mol. The molecule has 0 bridgehead atoms. The van der Waals surface area contributed by atoms with Crippen molar-refractivity contribution in [3.05, 3.63) is 29.3 Å². The SMILES string of the molecule is CCOC(=O)C1CC(S(=O)(=O)N2CCN(c3ccc(Cl)cc3)CC2)NN1. The molecule has 0 aromatic heterocycles. The van der Waals surface area contributed by atoms with Crippen molar-refractivity contribution in [3.63, 3.8) is 0 Å². The number of benzene rings is 1. The third kappa shape index (κ3) is 4.12. The molecule has 2 heterocycles. The first-order valence-electron chi connectivity index (χ1n) is 8.59. The second kappa shape index (κ2) is 8.10. The number of hydrazine groups is 1. The Morgan fingerprint density at radius 2 is 1.85 bits per heavy atom. The Balaban J connectivity index is 1.58. The van der Waals surface area contributed by atoms with E-state index in [0.717, 1.165) is 5.69 Å². The minimum absolute atomic E-state index is 0.151. The number of carbonyl (C=O) groups excluding carboxylic acids is 1. The molecule has 2 aliphatic rings. The molecule has 0 aliphatic carbocycles. The first-order chi connectivity index (χ1) is 12.4. The van der Waals surface area contributed by atoms with Crippen LogP contribution in [-0.2, 0) is 19.6 Å². The predicted octanol–water partition coefficient (Wildman–Crippen LogP) is 0.548. The van der Waals surface area contributed by atoms with Crippen LogP contribution in [0.5, 0.6) is 0 Å². The summed E-state index contributed by atoms with van der Waals surface area (Å²) in [7, 11) is -3.55. The number of carbonyl (C=O) groups is 1. The first kappa shape index (κ1) is 19.4. The lowest BCUT2D eigenvalue weighted by atomic mass is 10.2. The van der Waals surface area contributed by atoms with Gasteiger partial charge in [-0.2, -0.15) is 4.31 Å². The molecule has 26 heavy (non-hydrogen) atoms. The van der Waals surface area contributed by atoms with Crippen molar-refractivity contribution in [2.75, 3.05) is 37.7 Å². The molecule has 0 saturated carbocycles. The molecule has 8 nitrogen and oxygen atoms in total. The smallest absolute Gasteiger partial charge is 0.324 e. The predicted molar refractivity (Wildman–Crippen MR) is 99.3 cm³/mol. The van der Waals surface area contributed by atoms with Crippen molar-refractivity contribution < 1.29 is 17.9 Å². The zero-order chi connectivity index (χ0) is 18.7. The highest BCUT2D eigenvalue weighted by Crippen LogP contribution is 2.22. The molecular formula is C16H23ClN4O4S. The number of nitrogens with zero attached hydrogens (tertiary/aromatic N) is 2. The van der Waals surface area contributed by atoms with E-state index >= 15 is 0 Å². The van der Waals surface area contributed by atoms with Crippen molar-refractivity contribution >= 4 is 33.3 Å². The Kier molecular flexibility index (Phi) is 6.03. The molecule has 2 unspecified atom stereocenters. The molecule has 3 rings (SSSR count). The first-order valence-corrected chi connectivity index (χ1v) is 10.5. The summed E-state index contributed by atoms with van der Waals surface area (Å²) in [6.07, 6.45) is 0.151. The van der Waals surface area contributed by atoms with E-state index in [9.17, 15) is 13.2 Å². The van der Waals surface area contributed by atoms with Gasteiger partial charge in [-0.1, -0.05) is 11.6 Å². The Morgan fingerprint density at radius 1 is 1.19 bits per heavy atom. The zero-order valence-electron chi connectivity index (χ0n) is 14.5. The molecule has 0 radical (unpaired) electrons. The van der Waals surface area contributed by atoms with E-state index in [1.807, 2.05) is 24.3 Å². The normalized spacial score (nSPS) is 24.6. The Hall–Kier alpha value is -1.39. The van der Waals surface area contributed by atoms with Crippen LogP contribution in [0.4, 0.5) is 5.69 Å². The molecule has 1 aromatic rings. The van der Waals surface area contributed by atoms with Gasteiger partial charge in [0.25, 0.3) is 0 Å². The van der Waals surface area contributed by atoms with Crippen molar-refractivity contribution in [2.45, 2.75) is 24.8 Å². The van der Waals surface area contributed by atoms with E-state index in [1.54, 1.807) is 6.92 Å². The van der Waals surface area contributed by atoms with Gasteiger partial charge in [-0.05, 0) is 31.2 Å². The molecule has 10 heteroatoms. The van der Waals surface area contributed by atoms with Crippen molar-refractivity contribution in [1.29, 1.82) is 0 Å². The van der Waals surface area contributed by atoms with Gasteiger partial charge in [0.15, 0.2) is 0 Å². The number of nitrogens with one attached hydrogen (secondary N) is 2. The number of rotatable bonds is 5. The standard InChI is InChI=1S/C16H23ClN4O4S/c1-2-25-16(22)14-11-15(19-18-14)26(23,24)21-9-7-20(8-10-21)13-5-3-12(17)4-6-13/h3-6,14-15,18-19H,2,7-11H2,1H3. The van der Waals surface area contributed by atoms with Crippen LogP contribution in [0.25, 0.3) is 0 Å². The van der Waals surface area contributed by atoms with Gasteiger partial charge in [-0.15, -0.1) is 0 Å². The summed E-state index contributed by atoms with van der Waals surface area (Å²) in [4.78, 5) is 13.9. The Bertz CT molecular complexity index is 735. The van der Waals surface area contributed by atoms with Crippen LogP contribution in [0.1, 0.15) is 13.3 Å². The van der Waals surface area contributed by atoms with E-state index in [-0.39, 0.29) is 13.0 Å². The number of piperazine rings is 1. The lowest BCUT2D eigenvalue weighted by Crippen LogP contribution is -2.53. The number of anilines is 1. The van der Waals surface area contributed by atoms with E-state index in [0.29, 0.717) is 31.2 Å². The molecular weight excluding hydrogens is 380 g/mol. The number of esters is 1. The van der Waals surface area contributed by atoms with Crippen LogP contribution in [0.15, 0.2) is 24.3 Å². The summed E-state index contributed by atoms with van der Waals surface area (Å²) >= 11 is 5.91. The highest BCUT2D eigenvalue weighted by Gasteiger charge is 2.41. The van der Waals surface area contributed by atoms with E-state index in [4.69, 9.17) is 16.3 Å². The van der Waals surface area contributed by atoms with Crippen LogP contribution in [0, 0.1) is 0 Å². The van der Waals surface area contributed by atoms with Gasteiger partial charge in [0.1, 0.15) is 11.4 Å². The highest BCUT2D eigenvalue weighted by atomic mass is 35.5. The van der Waals surface area contributed by atoms with Gasteiger partial charge in [0.05, 0.1) is 6.61 Å². The van der Waals surface area contributed by atoms with Crippen molar-refractivity contribution in [1.82, 2.24) is 15.2 Å². The zero-order valence-corrected chi connectivity index (χ0v) is 16.1. The van der Waals surface area contributed by atoms with Gasteiger partial charge in [-0.25, -0.2) is 19.3 Å². The second-order valence-corrected chi connectivity index (χ2v) is 8.78. The van der Waals surface area contributed by atoms with Gasteiger partial charge < -0.3 is 9.64 Å². The summed E-state index contributed by atoms with van der Waals surface area (Å²) in [5.74, 6) is -0.440. The van der Waals surface area contributed by atoms with Crippen LogP contribution < -0.4 is 15.8 Å². The van der Waals surface area contributed by atoms with Crippen molar-refractivity contribution in [3.8, 4) is 0 Å². The topological polar surface area (TPSA) is 91.0 Å². The van der Waals surface area contributed by atoms with Crippen LogP contribution in [0.2, 0.25) is 5.02 Å². The molecule has 1 aromatic carbocycles. The van der Waals surface area contributed by atoms with E-state index in [2.05, 4.69) is 15.8 Å². The largest absolute Gasteiger partial charge is 0.465 e. The average Bonchev–Trinajstić information content (AvgIpc) is 3.14.